The number of benzene rings is 1. The quantitative estimate of drug-likeness (QED) is 0.775. The van der Waals surface area contributed by atoms with Crippen LogP contribution in [0, 0.1) is 17.3 Å². The van der Waals surface area contributed by atoms with Crippen LogP contribution in [-0.4, -0.2) is 34.7 Å². The molecular formula is C22H28O5. The van der Waals surface area contributed by atoms with Crippen molar-refractivity contribution in [3.05, 3.63) is 29.3 Å². The number of ketones is 1. The highest BCUT2D eigenvalue weighted by atomic mass is 16.5. The van der Waals surface area contributed by atoms with Gasteiger partial charge < -0.3 is 14.9 Å². The van der Waals surface area contributed by atoms with Crippen LogP contribution in [0.5, 0.6) is 5.75 Å². The second-order valence-electron chi connectivity index (χ2n) is 8.69. The summed E-state index contributed by atoms with van der Waals surface area (Å²) >= 11 is 0. The Labute approximate surface area is 159 Å². The average molecular weight is 372 g/mol. The number of aliphatic hydroxyl groups excluding tert-OH is 1. The molecule has 5 nitrogen and oxygen atoms in total. The van der Waals surface area contributed by atoms with Gasteiger partial charge in [-0.2, -0.15) is 0 Å². The van der Waals surface area contributed by atoms with Gasteiger partial charge in [0.25, 0.3) is 0 Å². The molecule has 0 saturated heterocycles. The molecule has 1 aromatic carbocycles. The van der Waals surface area contributed by atoms with Gasteiger partial charge in [0.2, 0.25) is 0 Å². The van der Waals surface area contributed by atoms with Crippen molar-refractivity contribution in [2.24, 2.45) is 17.3 Å². The van der Waals surface area contributed by atoms with Gasteiger partial charge in [0.1, 0.15) is 11.5 Å². The molecule has 146 valence electrons. The largest absolute Gasteiger partial charge is 0.494 e. The van der Waals surface area contributed by atoms with Crippen LogP contribution in [0.3, 0.4) is 0 Å². The minimum absolute atomic E-state index is 0.0869. The van der Waals surface area contributed by atoms with E-state index in [0.29, 0.717) is 31.3 Å². The number of carboxylic acid groups (broad SMARTS) is 1. The summed E-state index contributed by atoms with van der Waals surface area (Å²) in [6.07, 6.45) is 4.26. The lowest BCUT2D eigenvalue weighted by molar-refractivity contribution is -0.137. The standard InChI is InChI=1S/C22H28O5/c1-22-9-8-16-15-7-5-14(27-10-2-3-20(25)26)11-13(15)4-6-17(16)21(22)18(23)12-19(22)24/h5,7,11,16-18,21,23H,2-4,6,8-10,12H2,1H3,(H,25,26)/t16-,17-,18+,21-,22-/m1/s1. The number of ether oxygens (including phenoxy) is 1. The van der Waals surface area contributed by atoms with Gasteiger partial charge in [-0.15, -0.1) is 0 Å². The number of rotatable bonds is 5. The van der Waals surface area contributed by atoms with Gasteiger partial charge in [0, 0.05) is 24.2 Å². The summed E-state index contributed by atoms with van der Waals surface area (Å²) < 4.78 is 5.73. The third kappa shape index (κ3) is 3.16. The summed E-state index contributed by atoms with van der Waals surface area (Å²) in [5, 5.41) is 19.3. The zero-order valence-corrected chi connectivity index (χ0v) is 15.8. The first-order chi connectivity index (χ1) is 12.9. The van der Waals surface area contributed by atoms with E-state index in [-0.39, 0.29) is 23.5 Å². The van der Waals surface area contributed by atoms with E-state index >= 15 is 0 Å². The zero-order chi connectivity index (χ0) is 19.2. The van der Waals surface area contributed by atoms with Crippen LogP contribution in [0.4, 0.5) is 0 Å². The molecule has 0 unspecified atom stereocenters. The molecule has 5 atom stereocenters. The second-order valence-corrected chi connectivity index (χ2v) is 8.69. The summed E-state index contributed by atoms with van der Waals surface area (Å²) in [5.41, 5.74) is 2.30. The van der Waals surface area contributed by atoms with Crippen LogP contribution in [0.25, 0.3) is 0 Å². The third-order valence-corrected chi connectivity index (χ3v) is 7.20. The van der Waals surface area contributed by atoms with Crippen molar-refractivity contribution in [1.82, 2.24) is 0 Å². The van der Waals surface area contributed by atoms with Crippen molar-refractivity contribution < 1.29 is 24.5 Å². The Morgan fingerprint density at radius 2 is 2.15 bits per heavy atom. The Hall–Kier alpha value is -1.88. The predicted molar refractivity (Wildman–Crippen MR) is 99.8 cm³/mol. The zero-order valence-electron chi connectivity index (χ0n) is 15.8. The fourth-order valence-corrected chi connectivity index (χ4v) is 5.90. The molecule has 0 radical (unpaired) electrons. The first-order valence-electron chi connectivity index (χ1n) is 10.1. The number of aryl methyl sites for hydroxylation is 1. The maximum absolute atomic E-state index is 12.5. The number of aliphatic hydroxyl groups is 1. The molecule has 2 fully saturated rings. The van der Waals surface area contributed by atoms with Gasteiger partial charge in [-0.1, -0.05) is 13.0 Å². The number of carbonyl (C=O) groups excluding carboxylic acids is 1. The van der Waals surface area contributed by atoms with Gasteiger partial charge in [0.05, 0.1) is 12.7 Å². The SMILES string of the molecule is C[C@]12CC[C@@H]3c4ccc(OCCCC(=O)O)cc4CC[C@H]3[C@@H]1[C@@H](O)CC2=O. The van der Waals surface area contributed by atoms with Crippen molar-refractivity contribution in [3.8, 4) is 5.75 Å². The maximum Gasteiger partial charge on any atom is 0.303 e. The number of hydrogen-bond acceptors (Lipinski definition) is 4. The van der Waals surface area contributed by atoms with Gasteiger partial charge >= 0.3 is 5.97 Å². The number of aliphatic carboxylic acids is 1. The van der Waals surface area contributed by atoms with Crippen LogP contribution in [0.1, 0.15) is 62.5 Å². The lowest BCUT2D eigenvalue weighted by Gasteiger charge is -2.49. The van der Waals surface area contributed by atoms with Crippen molar-refractivity contribution in [2.75, 3.05) is 6.61 Å². The lowest BCUT2D eigenvalue weighted by Crippen LogP contribution is -2.45. The minimum atomic E-state index is -0.799. The first-order valence-corrected chi connectivity index (χ1v) is 10.1. The smallest absolute Gasteiger partial charge is 0.303 e. The number of fused-ring (bicyclic) bond motifs is 5. The Balaban J connectivity index is 1.50. The van der Waals surface area contributed by atoms with E-state index in [0.717, 1.165) is 31.4 Å². The summed E-state index contributed by atoms with van der Waals surface area (Å²) in [5.74, 6) is 1.12. The molecule has 0 spiro atoms. The number of carboxylic acids is 1. The summed E-state index contributed by atoms with van der Waals surface area (Å²) in [6, 6.07) is 6.22. The van der Waals surface area contributed by atoms with E-state index in [1.165, 1.54) is 11.1 Å². The molecule has 0 amide bonds. The van der Waals surface area contributed by atoms with Crippen molar-refractivity contribution in [3.63, 3.8) is 0 Å². The molecule has 0 aromatic heterocycles. The Morgan fingerprint density at radius 1 is 1.33 bits per heavy atom. The second kappa shape index (κ2) is 6.93. The number of hydrogen-bond donors (Lipinski definition) is 2. The fourth-order valence-electron chi connectivity index (χ4n) is 5.90. The van der Waals surface area contributed by atoms with Gasteiger partial charge in [-0.25, -0.2) is 0 Å². The summed E-state index contributed by atoms with van der Waals surface area (Å²) in [6.45, 7) is 2.47. The Kier molecular flexibility index (Phi) is 4.75. The minimum Gasteiger partial charge on any atom is -0.494 e. The maximum atomic E-state index is 12.5. The van der Waals surface area contributed by atoms with E-state index in [2.05, 4.69) is 19.1 Å². The van der Waals surface area contributed by atoms with Crippen LogP contribution in [0.15, 0.2) is 18.2 Å². The van der Waals surface area contributed by atoms with Crippen molar-refractivity contribution in [1.29, 1.82) is 0 Å². The molecule has 27 heavy (non-hydrogen) atoms. The summed E-state index contributed by atoms with van der Waals surface area (Å²) in [4.78, 5) is 23.0. The van der Waals surface area contributed by atoms with Gasteiger partial charge in [0.15, 0.2) is 0 Å². The molecule has 2 saturated carbocycles. The predicted octanol–water partition coefficient (Wildman–Crippen LogP) is 3.33. The topological polar surface area (TPSA) is 83.8 Å². The molecule has 5 heteroatoms. The van der Waals surface area contributed by atoms with Crippen LogP contribution in [-0.2, 0) is 16.0 Å². The summed E-state index contributed by atoms with van der Waals surface area (Å²) in [7, 11) is 0. The van der Waals surface area contributed by atoms with E-state index in [1.807, 2.05) is 6.07 Å². The van der Waals surface area contributed by atoms with E-state index in [4.69, 9.17) is 9.84 Å². The molecular weight excluding hydrogens is 344 g/mol. The Morgan fingerprint density at radius 3 is 2.93 bits per heavy atom. The van der Waals surface area contributed by atoms with Gasteiger partial charge in [-0.05, 0) is 67.2 Å². The van der Waals surface area contributed by atoms with E-state index in [1.54, 1.807) is 0 Å². The van der Waals surface area contributed by atoms with Crippen LogP contribution < -0.4 is 4.74 Å². The van der Waals surface area contributed by atoms with Crippen LogP contribution >= 0.6 is 0 Å². The molecule has 3 aliphatic carbocycles. The van der Waals surface area contributed by atoms with Crippen molar-refractivity contribution >= 4 is 11.8 Å². The van der Waals surface area contributed by atoms with Gasteiger partial charge in [-0.3, -0.25) is 9.59 Å². The average Bonchev–Trinajstić information content (AvgIpc) is 2.87. The normalized spacial score (nSPS) is 34.5. The molecule has 0 aliphatic heterocycles. The molecule has 4 rings (SSSR count). The highest BCUT2D eigenvalue weighted by Crippen LogP contribution is 2.59. The van der Waals surface area contributed by atoms with Crippen LogP contribution in [0.2, 0.25) is 0 Å². The monoisotopic (exact) mass is 372 g/mol. The number of Topliss-reactive ketones (excluding diaryl/α,β-unsaturated/α-hetero) is 1. The molecule has 0 heterocycles. The molecule has 2 N–H and O–H groups in total. The highest BCUT2D eigenvalue weighted by Gasteiger charge is 2.58. The molecule has 0 bridgehead atoms. The molecule has 3 aliphatic rings. The number of carbonyl (C=O) groups is 2. The van der Waals surface area contributed by atoms with Crippen molar-refractivity contribution in [2.45, 2.75) is 63.9 Å². The lowest BCUT2D eigenvalue weighted by atomic mass is 9.55. The first kappa shape index (κ1) is 18.5. The van der Waals surface area contributed by atoms with E-state index in [9.17, 15) is 14.7 Å². The highest BCUT2D eigenvalue weighted by molar-refractivity contribution is 5.88. The van der Waals surface area contributed by atoms with E-state index < -0.39 is 12.1 Å². The molecule has 1 aromatic rings. The fraction of sp³-hybridized carbons (Fsp3) is 0.636. The Bertz CT molecular complexity index is 757. The third-order valence-electron chi connectivity index (χ3n) is 7.20.